The lowest BCUT2D eigenvalue weighted by Gasteiger charge is -2.21. The van der Waals surface area contributed by atoms with Crippen molar-refractivity contribution in [3.63, 3.8) is 0 Å². The number of benzene rings is 1. The van der Waals surface area contributed by atoms with Gasteiger partial charge >= 0.3 is 5.97 Å². The number of nitrogens with zero attached hydrogens (tertiary/aromatic N) is 1. The second-order valence-electron chi connectivity index (χ2n) is 8.20. The summed E-state index contributed by atoms with van der Waals surface area (Å²) in [6, 6.07) is 3.17. The maximum absolute atomic E-state index is 12.5. The highest BCUT2D eigenvalue weighted by molar-refractivity contribution is 6.00. The molecule has 0 fully saturated rings. The van der Waals surface area contributed by atoms with Crippen LogP contribution in [0.3, 0.4) is 0 Å². The van der Waals surface area contributed by atoms with Gasteiger partial charge in [-0.1, -0.05) is 0 Å². The average molecular weight is 456 g/mol. The molecule has 0 radical (unpaired) electrons. The normalized spacial score (nSPS) is 12.3. The molecule has 8 heteroatoms. The van der Waals surface area contributed by atoms with Gasteiger partial charge in [0.05, 0.1) is 14.2 Å². The lowest BCUT2D eigenvalue weighted by Crippen LogP contribution is -2.38. The van der Waals surface area contributed by atoms with Gasteiger partial charge in [0.2, 0.25) is 5.91 Å². The van der Waals surface area contributed by atoms with Crippen molar-refractivity contribution in [2.24, 2.45) is 0 Å². The zero-order valence-electron chi connectivity index (χ0n) is 20.5. The molecule has 178 valence electrons. The number of amides is 1. The molecule has 1 aromatic carbocycles. The van der Waals surface area contributed by atoms with Crippen molar-refractivity contribution in [1.29, 1.82) is 0 Å². The van der Waals surface area contributed by atoms with Crippen molar-refractivity contribution in [2.45, 2.75) is 53.6 Å². The summed E-state index contributed by atoms with van der Waals surface area (Å²) >= 11 is 0. The van der Waals surface area contributed by atoms with Crippen LogP contribution in [0, 0.1) is 13.8 Å². The predicted molar refractivity (Wildman–Crippen MR) is 130 cm³/mol. The molecule has 33 heavy (non-hydrogen) atoms. The first-order chi connectivity index (χ1) is 15.5. The molecule has 0 aliphatic carbocycles. The number of hydrogen-bond acceptors (Lipinski definition) is 6. The third-order valence-electron chi connectivity index (χ3n) is 5.27. The highest BCUT2D eigenvalue weighted by atomic mass is 16.5. The minimum Gasteiger partial charge on any atom is -0.496 e. The first-order valence-electron chi connectivity index (χ1n) is 10.7. The van der Waals surface area contributed by atoms with Crippen LogP contribution in [-0.2, 0) is 9.59 Å². The van der Waals surface area contributed by atoms with E-state index in [2.05, 4.69) is 15.6 Å². The maximum Gasteiger partial charge on any atom is 0.325 e. The fourth-order valence-corrected chi connectivity index (χ4v) is 3.58. The quantitative estimate of drug-likeness (QED) is 0.486. The van der Waals surface area contributed by atoms with E-state index in [1.54, 1.807) is 33.4 Å². The third kappa shape index (κ3) is 5.83. The molecule has 8 nitrogen and oxygen atoms in total. The van der Waals surface area contributed by atoms with Crippen LogP contribution in [0.4, 0.5) is 5.82 Å². The molecule has 1 atom stereocenters. The van der Waals surface area contributed by atoms with Gasteiger partial charge in [0.1, 0.15) is 23.4 Å². The number of ether oxygens (including phenoxy) is 2. The SMILES string of the molecule is COc1c(C)c(-c2ccc(NC(C)C)nc2)c(OC)c(C)c1/C=C(\C)C(=O)N[C@H](C)C(=O)O. The number of aromatic nitrogens is 1. The van der Waals surface area contributed by atoms with E-state index in [9.17, 15) is 9.59 Å². The second kappa shape index (κ2) is 10.8. The Balaban J connectivity index is 2.59. The number of carbonyl (C=O) groups is 2. The topological polar surface area (TPSA) is 110 Å². The van der Waals surface area contributed by atoms with Crippen LogP contribution in [0.5, 0.6) is 11.5 Å². The van der Waals surface area contributed by atoms with Gasteiger partial charge in [0.25, 0.3) is 0 Å². The molecule has 0 aliphatic rings. The molecule has 2 rings (SSSR count). The lowest BCUT2D eigenvalue weighted by atomic mass is 9.91. The fourth-order valence-electron chi connectivity index (χ4n) is 3.58. The molecule has 3 N–H and O–H groups in total. The summed E-state index contributed by atoms with van der Waals surface area (Å²) in [5.74, 6) is 0.467. The Bertz CT molecular complexity index is 1060. The van der Waals surface area contributed by atoms with E-state index >= 15 is 0 Å². The number of nitrogens with one attached hydrogen (secondary N) is 2. The zero-order chi connectivity index (χ0) is 24.9. The predicted octanol–water partition coefficient (Wildman–Crippen LogP) is 4.20. The van der Waals surface area contributed by atoms with E-state index in [0.29, 0.717) is 22.6 Å². The van der Waals surface area contributed by atoms with Crippen molar-refractivity contribution in [2.75, 3.05) is 19.5 Å². The van der Waals surface area contributed by atoms with E-state index < -0.39 is 17.9 Å². The van der Waals surface area contributed by atoms with Gasteiger partial charge in [-0.15, -0.1) is 0 Å². The van der Waals surface area contributed by atoms with Crippen LogP contribution in [-0.4, -0.2) is 48.3 Å². The molecule has 1 amide bonds. The Kier molecular flexibility index (Phi) is 8.45. The summed E-state index contributed by atoms with van der Waals surface area (Å²) in [7, 11) is 3.17. The molecular formula is C25H33N3O5. The number of methoxy groups -OCH3 is 2. The first-order valence-corrected chi connectivity index (χ1v) is 10.7. The molecule has 2 aromatic rings. The Hall–Kier alpha value is -3.55. The zero-order valence-corrected chi connectivity index (χ0v) is 20.5. The van der Waals surface area contributed by atoms with Crippen molar-refractivity contribution in [1.82, 2.24) is 10.3 Å². The van der Waals surface area contributed by atoms with Gasteiger partial charge in [-0.3, -0.25) is 9.59 Å². The largest absolute Gasteiger partial charge is 0.496 e. The summed E-state index contributed by atoms with van der Waals surface area (Å²) in [6.45, 7) is 11.0. The smallest absolute Gasteiger partial charge is 0.325 e. The van der Waals surface area contributed by atoms with Gasteiger partial charge in [0.15, 0.2) is 0 Å². The van der Waals surface area contributed by atoms with Gasteiger partial charge in [-0.2, -0.15) is 0 Å². The molecule has 0 spiro atoms. The number of carboxylic acids is 1. The van der Waals surface area contributed by atoms with Gasteiger partial charge in [0, 0.05) is 45.6 Å². The van der Waals surface area contributed by atoms with Crippen LogP contribution in [0.15, 0.2) is 23.9 Å². The van der Waals surface area contributed by atoms with Crippen molar-refractivity contribution >= 4 is 23.8 Å². The number of hydrogen-bond donors (Lipinski definition) is 3. The van der Waals surface area contributed by atoms with E-state index in [1.807, 2.05) is 39.8 Å². The van der Waals surface area contributed by atoms with Crippen molar-refractivity contribution in [3.05, 3.63) is 40.6 Å². The number of rotatable bonds is 9. The number of carboxylic acid groups (broad SMARTS) is 1. The van der Waals surface area contributed by atoms with Gasteiger partial charge in [-0.25, -0.2) is 4.98 Å². The molecule has 1 aromatic heterocycles. The minimum absolute atomic E-state index is 0.270. The Morgan fingerprint density at radius 1 is 1.06 bits per heavy atom. The van der Waals surface area contributed by atoms with Crippen LogP contribution < -0.4 is 20.1 Å². The summed E-state index contributed by atoms with van der Waals surface area (Å²) < 4.78 is 11.5. The van der Waals surface area contributed by atoms with Crippen LogP contribution in [0.2, 0.25) is 0 Å². The Labute approximate surface area is 195 Å². The summed E-state index contributed by atoms with van der Waals surface area (Å²) in [4.78, 5) is 28.1. The third-order valence-corrected chi connectivity index (χ3v) is 5.27. The van der Waals surface area contributed by atoms with Crippen LogP contribution in [0.1, 0.15) is 44.4 Å². The molecule has 0 saturated heterocycles. The summed E-state index contributed by atoms with van der Waals surface area (Å²) in [5, 5.41) is 14.8. The first kappa shape index (κ1) is 25.7. The molecule has 1 heterocycles. The molecule has 0 bridgehead atoms. The summed E-state index contributed by atoms with van der Waals surface area (Å²) in [5.41, 5.74) is 4.40. The van der Waals surface area contributed by atoms with Gasteiger partial charge < -0.3 is 25.2 Å². The number of carbonyl (C=O) groups excluding carboxylic acids is 1. The van der Waals surface area contributed by atoms with Gasteiger partial charge in [-0.05, 0) is 59.8 Å². The molecule has 0 aliphatic heterocycles. The average Bonchev–Trinajstić information content (AvgIpc) is 2.76. The number of pyridine rings is 1. The lowest BCUT2D eigenvalue weighted by molar-refractivity contribution is -0.140. The fraction of sp³-hybridized carbons (Fsp3) is 0.400. The highest BCUT2D eigenvalue weighted by Crippen LogP contribution is 2.44. The second-order valence-corrected chi connectivity index (χ2v) is 8.20. The van der Waals surface area contributed by atoms with Crippen molar-refractivity contribution in [3.8, 4) is 22.6 Å². The van der Waals surface area contributed by atoms with E-state index in [1.165, 1.54) is 6.92 Å². The van der Waals surface area contributed by atoms with Crippen LogP contribution >= 0.6 is 0 Å². The van der Waals surface area contributed by atoms with Crippen LogP contribution in [0.25, 0.3) is 17.2 Å². The molecular weight excluding hydrogens is 422 g/mol. The Morgan fingerprint density at radius 3 is 2.18 bits per heavy atom. The highest BCUT2D eigenvalue weighted by Gasteiger charge is 2.23. The molecule has 0 saturated carbocycles. The van der Waals surface area contributed by atoms with Crippen molar-refractivity contribution < 1.29 is 24.2 Å². The van der Waals surface area contributed by atoms with E-state index in [-0.39, 0.29) is 6.04 Å². The van der Waals surface area contributed by atoms with E-state index in [4.69, 9.17) is 14.6 Å². The number of aliphatic carboxylic acids is 1. The monoisotopic (exact) mass is 455 g/mol. The molecule has 0 unspecified atom stereocenters. The maximum atomic E-state index is 12.5. The minimum atomic E-state index is -1.10. The van der Waals surface area contributed by atoms with E-state index in [0.717, 1.165) is 28.1 Å². The Morgan fingerprint density at radius 2 is 1.70 bits per heavy atom. The number of anilines is 1. The standard InChI is InChI=1S/C25H33N3O5/c1-13(2)27-20-10-9-18(12-26-20)21-16(5)22(32-7)19(15(4)23(21)33-8)11-14(3)24(29)28-17(6)25(30)31/h9-13,17H,1-8H3,(H,26,27)(H,28,29)(H,30,31)/b14-11+/t17-/m1/s1. The summed E-state index contributed by atoms with van der Waals surface area (Å²) in [6.07, 6.45) is 3.47.